The summed E-state index contributed by atoms with van der Waals surface area (Å²) in [7, 11) is 0. The van der Waals surface area contributed by atoms with E-state index < -0.39 is 0 Å². The molecule has 0 spiro atoms. The third-order valence-electron chi connectivity index (χ3n) is 6.09. The van der Waals surface area contributed by atoms with Crippen LogP contribution in [0.2, 0.25) is 0 Å². The molecule has 0 unspecified atom stereocenters. The minimum atomic E-state index is 0.354. The quantitative estimate of drug-likeness (QED) is 0.443. The number of hydrogen-bond donors (Lipinski definition) is 2. The van der Waals surface area contributed by atoms with E-state index in [1.54, 1.807) is 10.8 Å². The van der Waals surface area contributed by atoms with Gasteiger partial charge in [0.15, 0.2) is 5.65 Å². The van der Waals surface area contributed by atoms with Gasteiger partial charge in [-0.05, 0) is 55.2 Å². The van der Waals surface area contributed by atoms with Gasteiger partial charge >= 0.3 is 0 Å². The first kappa shape index (κ1) is 18.9. The molecule has 5 aromatic rings. The molecule has 1 aliphatic carbocycles. The van der Waals surface area contributed by atoms with Crippen molar-refractivity contribution >= 4 is 5.65 Å². The number of H-pyrrole nitrogens is 1. The van der Waals surface area contributed by atoms with Crippen LogP contribution in [0.5, 0.6) is 0 Å². The monoisotopic (exact) mass is 421 g/mol. The van der Waals surface area contributed by atoms with Crippen LogP contribution in [-0.2, 0) is 13.0 Å². The number of benzene rings is 1. The second-order valence-electron chi connectivity index (χ2n) is 8.22. The van der Waals surface area contributed by atoms with Crippen LogP contribution in [-0.4, -0.2) is 29.5 Å². The molecule has 4 aromatic heterocycles. The van der Waals surface area contributed by atoms with E-state index in [0.29, 0.717) is 12.6 Å². The Balaban J connectivity index is 1.36. The molecule has 7 nitrogen and oxygen atoms in total. The molecule has 1 aromatic carbocycles. The number of rotatable bonds is 5. The first-order valence-electron chi connectivity index (χ1n) is 10.9. The molecule has 0 saturated heterocycles. The van der Waals surface area contributed by atoms with E-state index in [1.807, 2.05) is 43.5 Å². The highest BCUT2D eigenvalue weighted by molar-refractivity contribution is 5.77. The van der Waals surface area contributed by atoms with Crippen molar-refractivity contribution in [3.8, 4) is 22.6 Å². The zero-order chi connectivity index (χ0) is 21.5. The molecule has 4 heterocycles. The first-order chi connectivity index (χ1) is 15.7. The molecule has 0 saturated carbocycles. The Hall–Kier alpha value is -3.84. The van der Waals surface area contributed by atoms with Gasteiger partial charge < -0.3 is 10.3 Å². The molecule has 32 heavy (non-hydrogen) atoms. The SMILES string of the molecule is Cc1cccc(-c2[nH]c(CN[C@@H]3CCc4ccccc43)nc2-c2ccc3ncnn3c2)n1. The van der Waals surface area contributed by atoms with Gasteiger partial charge in [0.1, 0.15) is 12.2 Å². The summed E-state index contributed by atoms with van der Waals surface area (Å²) in [5.74, 6) is 0.890. The second-order valence-corrected chi connectivity index (χ2v) is 8.22. The van der Waals surface area contributed by atoms with Gasteiger partial charge in [-0.1, -0.05) is 30.3 Å². The van der Waals surface area contributed by atoms with Crippen LogP contribution < -0.4 is 5.32 Å². The summed E-state index contributed by atoms with van der Waals surface area (Å²) in [5, 5.41) is 7.97. The molecule has 1 aliphatic rings. The lowest BCUT2D eigenvalue weighted by molar-refractivity contribution is 0.521. The lowest BCUT2D eigenvalue weighted by atomic mass is 10.1. The molecular weight excluding hydrogens is 398 g/mol. The topological polar surface area (TPSA) is 83.8 Å². The van der Waals surface area contributed by atoms with E-state index in [-0.39, 0.29) is 0 Å². The Kier molecular flexibility index (Phi) is 4.54. The van der Waals surface area contributed by atoms with Gasteiger partial charge in [0.25, 0.3) is 0 Å². The predicted molar refractivity (Wildman–Crippen MR) is 123 cm³/mol. The number of imidazole rings is 1. The second kappa shape index (κ2) is 7.69. The molecule has 1 atom stereocenters. The average Bonchev–Trinajstić information content (AvgIpc) is 3.55. The fourth-order valence-electron chi connectivity index (χ4n) is 4.53. The van der Waals surface area contributed by atoms with Gasteiger partial charge in [0.05, 0.1) is 23.6 Å². The van der Waals surface area contributed by atoms with Crippen molar-refractivity contribution in [1.82, 2.24) is 34.9 Å². The molecule has 158 valence electrons. The number of nitrogens with one attached hydrogen (secondary N) is 2. The highest BCUT2D eigenvalue weighted by Gasteiger charge is 2.22. The molecule has 0 amide bonds. The minimum absolute atomic E-state index is 0.354. The number of aromatic amines is 1. The highest BCUT2D eigenvalue weighted by Crippen LogP contribution is 2.32. The van der Waals surface area contributed by atoms with Crippen molar-refractivity contribution in [2.24, 2.45) is 0 Å². The highest BCUT2D eigenvalue weighted by atomic mass is 15.3. The van der Waals surface area contributed by atoms with Crippen LogP contribution in [0.15, 0.2) is 67.1 Å². The van der Waals surface area contributed by atoms with Crippen LogP contribution in [0.4, 0.5) is 0 Å². The van der Waals surface area contributed by atoms with Crippen molar-refractivity contribution < 1.29 is 0 Å². The molecule has 0 radical (unpaired) electrons. The van der Waals surface area contributed by atoms with Crippen molar-refractivity contribution in [2.45, 2.75) is 32.4 Å². The molecule has 2 N–H and O–H groups in total. The summed E-state index contributed by atoms with van der Waals surface area (Å²) in [6.07, 6.45) is 5.75. The Morgan fingerprint density at radius 1 is 1.06 bits per heavy atom. The third kappa shape index (κ3) is 3.36. The number of fused-ring (bicyclic) bond motifs is 2. The fraction of sp³-hybridized carbons (Fsp3) is 0.200. The van der Waals surface area contributed by atoms with E-state index >= 15 is 0 Å². The van der Waals surface area contributed by atoms with E-state index in [4.69, 9.17) is 9.97 Å². The van der Waals surface area contributed by atoms with E-state index in [2.05, 4.69) is 44.6 Å². The normalized spacial score (nSPS) is 15.3. The number of aryl methyl sites for hydroxylation is 2. The number of aromatic nitrogens is 6. The van der Waals surface area contributed by atoms with Crippen LogP contribution >= 0.6 is 0 Å². The van der Waals surface area contributed by atoms with E-state index in [1.165, 1.54) is 11.1 Å². The largest absolute Gasteiger partial charge is 0.339 e. The Labute approximate surface area is 185 Å². The number of pyridine rings is 2. The molecule has 0 bridgehead atoms. The van der Waals surface area contributed by atoms with Gasteiger partial charge in [-0.3, -0.25) is 4.98 Å². The number of nitrogens with zero attached hydrogens (tertiary/aromatic N) is 5. The Morgan fingerprint density at radius 3 is 2.94 bits per heavy atom. The summed E-state index contributed by atoms with van der Waals surface area (Å²) in [4.78, 5) is 17.5. The van der Waals surface area contributed by atoms with Crippen molar-refractivity contribution in [3.63, 3.8) is 0 Å². The van der Waals surface area contributed by atoms with Gasteiger partial charge in [-0.25, -0.2) is 14.5 Å². The molecular formula is C25H23N7. The average molecular weight is 422 g/mol. The summed E-state index contributed by atoms with van der Waals surface area (Å²) < 4.78 is 1.77. The zero-order valence-corrected chi connectivity index (χ0v) is 17.8. The molecule has 0 fully saturated rings. The van der Waals surface area contributed by atoms with Crippen molar-refractivity contribution in [1.29, 1.82) is 0 Å². The summed E-state index contributed by atoms with van der Waals surface area (Å²) in [5.41, 5.74) is 8.24. The smallest absolute Gasteiger partial charge is 0.155 e. The first-order valence-corrected chi connectivity index (χ1v) is 10.9. The predicted octanol–water partition coefficient (Wildman–Crippen LogP) is 4.27. The van der Waals surface area contributed by atoms with E-state index in [0.717, 1.165) is 52.7 Å². The van der Waals surface area contributed by atoms with Crippen LogP contribution in [0.1, 0.15) is 35.1 Å². The van der Waals surface area contributed by atoms with Gasteiger partial charge in [-0.15, -0.1) is 0 Å². The minimum Gasteiger partial charge on any atom is -0.339 e. The van der Waals surface area contributed by atoms with Gasteiger partial charge in [0.2, 0.25) is 0 Å². The lowest BCUT2D eigenvalue weighted by Crippen LogP contribution is -2.19. The van der Waals surface area contributed by atoms with Gasteiger partial charge in [0, 0.05) is 23.5 Å². The molecule has 7 heteroatoms. The van der Waals surface area contributed by atoms with Crippen LogP contribution in [0.3, 0.4) is 0 Å². The zero-order valence-electron chi connectivity index (χ0n) is 17.8. The lowest BCUT2D eigenvalue weighted by Gasteiger charge is -2.12. The van der Waals surface area contributed by atoms with Crippen molar-refractivity contribution in [3.05, 3.63) is 89.8 Å². The molecule has 6 rings (SSSR count). The molecule has 0 aliphatic heterocycles. The maximum absolute atomic E-state index is 4.98. The Morgan fingerprint density at radius 2 is 2.00 bits per heavy atom. The Bertz CT molecular complexity index is 1410. The summed E-state index contributed by atoms with van der Waals surface area (Å²) in [6.45, 7) is 2.66. The maximum Gasteiger partial charge on any atom is 0.155 e. The fourth-order valence-corrected chi connectivity index (χ4v) is 4.53. The van der Waals surface area contributed by atoms with E-state index in [9.17, 15) is 0 Å². The summed E-state index contributed by atoms with van der Waals surface area (Å²) >= 11 is 0. The number of hydrogen-bond acceptors (Lipinski definition) is 5. The third-order valence-corrected chi connectivity index (χ3v) is 6.09. The van der Waals surface area contributed by atoms with Crippen molar-refractivity contribution in [2.75, 3.05) is 0 Å². The van der Waals surface area contributed by atoms with Crippen LogP contribution in [0.25, 0.3) is 28.3 Å². The van der Waals surface area contributed by atoms with Gasteiger partial charge in [-0.2, -0.15) is 5.10 Å². The summed E-state index contributed by atoms with van der Waals surface area (Å²) in [6, 6.07) is 19.1. The van der Waals surface area contributed by atoms with Crippen LogP contribution in [0, 0.1) is 6.92 Å². The standard InChI is InChI=1S/C25H23N7/c1-16-5-4-8-21(29-16)25-24(18-10-12-23-27-15-28-32(23)14-18)30-22(31-25)13-26-20-11-9-17-6-2-3-7-19(17)20/h2-8,10,12,14-15,20,26H,9,11,13H2,1H3,(H,30,31)/t20-/m1/s1. The maximum atomic E-state index is 4.98.